The van der Waals surface area contributed by atoms with E-state index in [0.29, 0.717) is 6.10 Å². The number of rotatable bonds is 8. The number of carbonyl (C=O) groups is 1. The molecule has 136 valence electrons. The number of ether oxygens (including phenoxy) is 2. The van der Waals surface area contributed by atoms with Crippen LogP contribution >= 0.6 is 0 Å². The summed E-state index contributed by atoms with van der Waals surface area (Å²) >= 11 is 0. The second-order valence-corrected chi connectivity index (χ2v) is 7.71. The van der Waals surface area contributed by atoms with Crippen LogP contribution in [0.5, 0.6) is 0 Å². The highest BCUT2D eigenvalue weighted by atomic mass is 16.6. The van der Waals surface area contributed by atoms with Crippen LogP contribution in [0.3, 0.4) is 0 Å². The van der Waals surface area contributed by atoms with Crippen molar-refractivity contribution >= 4 is 6.09 Å². The molecule has 0 heterocycles. The largest absolute Gasteiger partial charge is 0.444 e. The van der Waals surface area contributed by atoms with Crippen LogP contribution < -0.4 is 10.6 Å². The Kier molecular flexibility index (Phi) is 8.92. The molecular weight excluding hydrogens is 292 g/mol. The lowest BCUT2D eigenvalue weighted by Gasteiger charge is -2.30. The van der Waals surface area contributed by atoms with Gasteiger partial charge < -0.3 is 20.1 Å². The molecule has 0 spiro atoms. The van der Waals surface area contributed by atoms with Gasteiger partial charge in [0.2, 0.25) is 0 Å². The van der Waals surface area contributed by atoms with Crippen LogP contribution in [0.1, 0.15) is 66.7 Å². The van der Waals surface area contributed by atoms with E-state index in [-0.39, 0.29) is 12.1 Å². The summed E-state index contributed by atoms with van der Waals surface area (Å²) in [6, 6.07) is 0.216. The highest BCUT2D eigenvalue weighted by Crippen LogP contribution is 2.21. The molecular formula is C18H36N2O3. The van der Waals surface area contributed by atoms with Crippen molar-refractivity contribution in [2.45, 2.75) is 84.5 Å². The fraction of sp³-hybridized carbons (Fsp3) is 0.944. The van der Waals surface area contributed by atoms with Crippen LogP contribution in [0.2, 0.25) is 0 Å². The number of hydrogen-bond acceptors (Lipinski definition) is 4. The number of amides is 1. The van der Waals surface area contributed by atoms with Gasteiger partial charge in [0.15, 0.2) is 0 Å². The van der Waals surface area contributed by atoms with Crippen molar-refractivity contribution in [1.29, 1.82) is 0 Å². The predicted molar refractivity (Wildman–Crippen MR) is 93.7 cm³/mol. The van der Waals surface area contributed by atoms with Gasteiger partial charge in [-0.2, -0.15) is 0 Å². The van der Waals surface area contributed by atoms with Crippen LogP contribution in [0.15, 0.2) is 0 Å². The van der Waals surface area contributed by atoms with Crippen LogP contribution in [-0.2, 0) is 9.47 Å². The van der Waals surface area contributed by atoms with E-state index in [4.69, 9.17) is 9.47 Å². The van der Waals surface area contributed by atoms with E-state index < -0.39 is 5.60 Å². The molecule has 5 nitrogen and oxygen atoms in total. The third-order valence-corrected chi connectivity index (χ3v) is 4.22. The molecule has 5 heteroatoms. The Hall–Kier alpha value is -0.810. The summed E-state index contributed by atoms with van der Waals surface area (Å²) in [6.07, 6.45) is 5.17. The minimum atomic E-state index is -0.438. The van der Waals surface area contributed by atoms with Crippen molar-refractivity contribution in [3.63, 3.8) is 0 Å². The van der Waals surface area contributed by atoms with Crippen LogP contribution in [0.25, 0.3) is 0 Å². The molecule has 0 bridgehead atoms. The first-order valence-corrected chi connectivity index (χ1v) is 9.12. The maximum atomic E-state index is 11.8. The molecule has 0 radical (unpaired) electrons. The second kappa shape index (κ2) is 10.1. The molecule has 2 N–H and O–H groups in total. The van der Waals surface area contributed by atoms with Gasteiger partial charge in [-0.3, -0.25) is 0 Å². The average Bonchev–Trinajstić information content (AvgIpc) is 2.46. The van der Waals surface area contributed by atoms with E-state index >= 15 is 0 Å². The Labute approximate surface area is 141 Å². The highest BCUT2D eigenvalue weighted by molar-refractivity contribution is 5.68. The Morgan fingerprint density at radius 2 is 1.87 bits per heavy atom. The molecule has 0 aromatic carbocycles. The summed E-state index contributed by atoms with van der Waals surface area (Å²) in [5, 5.41) is 6.40. The van der Waals surface area contributed by atoms with E-state index in [1.165, 1.54) is 6.42 Å². The predicted octanol–water partition coefficient (Wildman–Crippen LogP) is 3.47. The van der Waals surface area contributed by atoms with Gasteiger partial charge in [0, 0.05) is 12.6 Å². The van der Waals surface area contributed by atoms with Crippen LogP contribution in [0, 0.1) is 5.92 Å². The first-order valence-electron chi connectivity index (χ1n) is 9.12. The van der Waals surface area contributed by atoms with Crippen molar-refractivity contribution in [3.8, 4) is 0 Å². The fourth-order valence-electron chi connectivity index (χ4n) is 2.64. The number of alkyl carbamates (subject to hydrolysis) is 1. The lowest BCUT2D eigenvalue weighted by Crippen LogP contribution is -2.42. The zero-order chi connectivity index (χ0) is 17.3. The Morgan fingerprint density at radius 1 is 1.22 bits per heavy atom. The molecule has 1 fully saturated rings. The van der Waals surface area contributed by atoms with Gasteiger partial charge in [0.25, 0.3) is 0 Å². The monoisotopic (exact) mass is 328 g/mol. The van der Waals surface area contributed by atoms with Crippen LogP contribution in [0.4, 0.5) is 4.79 Å². The maximum absolute atomic E-state index is 11.8. The van der Waals surface area contributed by atoms with Crippen molar-refractivity contribution in [2.75, 3.05) is 19.7 Å². The topological polar surface area (TPSA) is 59.6 Å². The lowest BCUT2D eigenvalue weighted by molar-refractivity contribution is 0.0193. The summed E-state index contributed by atoms with van der Waals surface area (Å²) < 4.78 is 11.2. The molecule has 0 aromatic heterocycles. The summed E-state index contributed by atoms with van der Waals surface area (Å²) in [7, 11) is 0. The first-order chi connectivity index (χ1) is 10.8. The van der Waals surface area contributed by atoms with Gasteiger partial charge >= 0.3 is 6.09 Å². The smallest absolute Gasteiger partial charge is 0.407 e. The summed E-state index contributed by atoms with van der Waals surface area (Å²) in [5.41, 5.74) is -0.438. The molecule has 0 aliphatic heterocycles. The lowest BCUT2D eigenvalue weighted by atomic mass is 9.93. The molecule has 1 atom stereocenters. The molecule has 1 rings (SSSR count). The van der Waals surface area contributed by atoms with Crippen molar-refractivity contribution < 1.29 is 14.3 Å². The Morgan fingerprint density at radius 3 is 2.43 bits per heavy atom. The van der Waals surface area contributed by atoms with Gasteiger partial charge in [-0.1, -0.05) is 20.3 Å². The molecule has 1 aliphatic carbocycles. The quantitative estimate of drug-likeness (QED) is 0.670. The fourth-order valence-corrected chi connectivity index (χ4v) is 2.64. The molecule has 0 saturated heterocycles. The minimum Gasteiger partial charge on any atom is -0.444 e. The SMILES string of the molecule is CCC(C)CNCCOC1CCC(NC(=O)OC(C)(C)C)CC1. The summed E-state index contributed by atoms with van der Waals surface area (Å²) in [4.78, 5) is 11.8. The number of carbonyl (C=O) groups excluding carboxylic acids is 1. The normalized spacial score (nSPS) is 23.3. The third-order valence-electron chi connectivity index (χ3n) is 4.22. The number of nitrogens with one attached hydrogen (secondary N) is 2. The zero-order valence-corrected chi connectivity index (χ0v) is 15.6. The first kappa shape index (κ1) is 20.2. The summed E-state index contributed by atoms with van der Waals surface area (Å²) in [6.45, 7) is 12.9. The average molecular weight is 328 g/mol. The van der Waals surface area contributed by atoms with Gasteiger partial charge in [-0.05, 0) is 58.9 Å². The van der Waals surface area contributed by atoms with E-state index in [0.717, 1.165) is 51.3 Å². The van der Waals surface area contributed by atoms with E-state index in [2.05, 4.69) is 24.5 Å². The van der Waals surface area contributed by atoms with Crippen molar-refractivity contribution in [2.24, 2.45) is 5.92 Å². The second-order valence-electron chi connectivity index (χ2n) is 7.71. The molecule has 0 aromatic rings. The molecule has 1 saturated carbocycles. The Balaban J connectivity index is 2.08. The van der Waals surface area contributed by atoms with Crippen molar-refractivity contribution in [1.82, 2.24) is 10.6 Å². The minimum absolute atomic E-state index is 0.216. The van der Waals surface area contributed by atoms with E-state index in [9.17, 15) is 4.79 Å². The van der Waals surface area contributed by atoms with Crippen LogP contribution in [-0.4, -0.2) is 43.5 Å². The molecule has 1 aliphatic rings. The van der Waals surface area contributed by atoms with Gasteiger partial charge in [-0.15, -0.1) is 0 Å². The molecule has 1 unspecified atom stereocenters. The third kappa shape index (κ3) is 9.82. The van der Waals surface area contributed by atoms with Crippen molar-refractivity contribution in [3.05, 3.63) is 0 Å². The number of hydrogen-bond donors (Lipinski definition) is 2. The highest BCUT2D eigenvalue weighted by Gasteiger charge is 2.24. The maximum Gasteiger partial charge on any atom is 0.407 e. The molecule has 23 heavy (non-hydrogen) atoms. The van der Waals surface area contributed by atoms with Gasteiger partial charge in [0.1, 0.15) is 5.60 Å². The molecule has 1 amide bonds. The standard InChI is InChI=1S/C18H36N2O3/c1-6-14(2)13-19-11-12-22-16-9-7-15(8-10-16)20-17(21)23-18(3,4)5/h14-16,19H,6-13H2,1-5H3,(H,20,21). The Bertz CT molecular complexity index is 334. The van der Waals surface area contributed by atoms with E-state index in [1.807, 2.05) is 20.8 Å². The van der Waals surface area contributed by atoms with Gasteiger partial charge in [0.05, 0.1) is 12.7 Å². The zero-order valence-electron chi connectivity index (χ0n) is 15.6. The summed E-state index contributed by atoms with van der Waals surface area (Å²) in [5.74, 6) is 0.726. The van der Waals surface area contributed by atoms with E-state index in [1.54, 1.807) is 0 Å². The van der Waals surface area contributed by atoms with Gasteiger partial charge in [-0.25, -0.2) is 4.79 Å².